The smallest absolute Gasteiger partial charge is 0.371 e. The Morgan fingerprint density at radius 1 is 1.06 bits per heavy atom. The molecule has 0 aliphatic rings. The maximum atomic E-state index is 5.74. The lowest BCUT2D eigenvalue weighted by molar-refractivity contribution is 0.0763. The van der Waals surface area contributed by atoms with Crippen LogP contribution in [0, 0.1) is 0 Å². The summed E-state index contributed by atoms with van der Waals surface area (Å²) in [4.78, 5) is 0. The maximum Gasteiger partial charge on any atom is 0.529 e. The van der Waals surface area contributed by atoms with E-state index in [1.54, 1.807) is 5.70 Å². The molecule has 0 rings (SSSR count). The van der Waals surface area contributed by atoms with Crippen LogP contribution >= 0.6 is 31.9 Å². The summed E-state index contributed by atoms with van der Waals surface area (Å²) in [6, 6.07) is 0. The van der Waals surface area contributed by atoms with Gasteiger partial charge in [-0.05, 0) is 25.5 Å². The van der Waals surface area contributed by atoms with Gasteiger partial charge in [0, 0.05) is 30.5 Å². The lowest BCUT2D eigenvalue weighted by Crippen LogP contribution is -2.44. The Bertz CT molecular complexity index is 171. The van der Waals surface area contributed by atoms with Crippen molar-refractivity contribution in [2.75, 3.05) is 30.5 Å². The molecule has 0 N–H and O–H groups in total. The average Bonchev–Trinajstić information content (AvgIpc) is 2.29. The van der Waals surface area contributed by atoms with Gasteiger partial charge < -0.3 is 13.3 Å². The van der Waals surface area contributed by atoms with Gasteiger partial charge in [-0.1, -0.05) is 38.4 Å². The predicted molar refractivity (Wildman–Crippen MR) is 76.3 cm³/mol. The quantitative estimate of drug-likeness (QED) is 0.315. The molecule has 3 nitrogen and oxygen atoms in total. The predicted octanol–water partition coefficient (Wildman–Crippen LogP) is 3.29. The molecule has 0 spiro atoms. The van der Waals surface area contributed by atoms with Crippen molar-refractivity contribution in [3.63, 3.8) is 0 Å². The molecule has 0 aromatic carbocycles. The van der Waals surface area contributed by atoms with Crippen LogP contribution in [0.4, 0.5) is 0 Å². The number of alkyl halides is 2. The van der Waals surface area contributed by atoms with Crippen LogP contribution in [0.2, 0.25) is 0 Å². The first-order valence-corrected chi connectivity index (χ1v) is 9.46. The van der Waals surface area contributed by atoms with Gasteiger partial charge in [-0.3, -0.25) is 0 Å². The van der Waals surface area contributed by atoms with E-state index < -0.39 is 8.80 Å². The van der Waals surface area contributed by atoms with Gasteiger partial charge in [0.2, 0.25) is 0 Å². The van der Waals surface area contributed by atoms with Gasteiger partial charge in [-0.2, -0.15) is 0 Å². The Morgan fingerprint density at radius 2 is 1.56 bits per heavy atom. The van der Waals surface area contributed by atoms with Crippen LogP contribution in [0.1, 0.15) is 19.8 Å². The van der Waals surface area contributed by atoms with E-state index in [0.29, 0.717) is 19.8 Å². The summed E-state index contributed by atoms with van der Waals surface area (Å²) in [6.07, 6.45) is 1.88. The first-order chi connectivity index (χ1) is 7.74. The molecule has 0 atom stereocenters. The van der Waals surface area contributed by atoms with E-state index in [1.807, 2.05) is 6.92 Å². The minimum atomic E-state index is -2.62. The lowest BCUT2D eigenvalue weighted by Gasteiger charge is -2.25. The molecule has 0 aliphatic heterocycles. The van der Waals surface area contributed by atoms with E-state index in [-0.39, 0.29) is 0 Å². The number of hydrogen-bond donors (Lipinski definition) is 0. The lowest BCUT2D eigenvalue weighted by atomic mass is 10.5. The maximum absolute atomic E-state index is 5.74. The largest absolute Gasteiger partial charge is 0.529 e. The molecule has 16 heavy (non-hydrogen) atoms. The van der Waals surface area contributed by atoms with Crippen LogP contribution in [-0.4, -0.2) is 39.3 Å². The molecule has 0 amide bonds. The molecule has 0 aromatic heterocycles. The van der Waals surface area contributed by atoms with Gasteiger partial charge in [0.25, 0.3) is 0 Å². The SMILES string of the molecule is C=C[Si](OCC)(OCCCBr)OCCCBr. The van der Waals surface area contributed by atoms with E-state index in [9.17, 15) is 0 Å². The van der Waals surface area contributed by atoms with Crippen molar-refractivity contribution in [3.05, 3.63) is 12.3 Å². The fourth-order valence-electron chi connectivity index (χ4n) is 1.04. The van der Waals surface area contributed by atoms with Crippen molar-refractivity contribution in [2.24, 2.45) is 0 Å². The van der Waals surface area contributed by atoms with Gasteiger partial charge in [0.15, 0.2) is 0 Å². The summed E-state index contributed by atoms with van der Waals surface area (Å²) >= 11 is 6.73. The molecule has 0 aliphatic carbocycles. The second-order valence-electron chi connectivity index (χ2n) is 3.02. The van der Waals surface area contributed by atoms with Crippen LogP contribution in [0.3, 0.4) is 0 Å². The molecule has 0 saturated heterocycles. The molecule has 6 heteroatoms. The van der Waals surface area contributed by atoms with Crippen molar-refractivity contribution in [1.82, 2.24) is 0 Å². The summed E-state index contributed by atoms with van der Waals surface area (Å²) < 4.78 is 17.1. The summed E-state index contributed by atoms with van der Waals surface area (Å²) in [7, 11) is -2.62. The highest BCUT2D eigenvalue weighted by molar-refractivity contribution is 9.09. The normalized spacial score (nSPS) is 11.7. The third-order valence-corrected chi connectivity index (χ3v) is 5.28. The van der Waals surface area contributed by atoms with Gasteiger partial charge in [0.1, 0.15) is 0 Å². The standard InChI is InChI=1S/C10H20Br2O3Si/c1-3-13-16(4-2,14-9-5-7-11)15-10-6-8-12/h4H,2-3,5-10H2,1H3. The van der Waals surface area contributed by atoms with Gasteiger partial charge >= 0.3 is 8.80 Å². The van der Waals surface area contributed by atoms with Crippen LogP contribution < -0.4 is 0 Å². The first-order valence-electron chi connectivity index (χ1n) is 5.42. The van der Waals surface area contributed by atoms with Crippen LogP contribution in [0.25, 0.3) is 0 Å². The van der Waals surface area contributed by atoms with E-state index in [0.717, 1.165) is 23.5 Å². The van der Waals surface area contributed by atoms with Gasteiger partial charge in [-0.25, -0.2) is 0 Å². The van der Waals surface area contributed by atoms with E-state index >= 15 is 0 Å². The molecule has 0 heterocycles. The van der Waals surface area contributed by atoms with E-state index in [2.05, 4.69) is 38.4 Å². The zero-order valence-electron chi connectivity index (χ0n) is 9.71. The minimum absolute atomic E-state index is 0.584. The molecule has 0 bridgehead atoms. The minimum Gasteiger partial charge on any atom is -0.371 e. The van der Waals surface area contributed by atoms with Gasteiger partial charge in [0.05, 0.1) is 0 Å². The summed E-state index contributed by atoms with van der Waals surface area (Å²) in [5.41, 5.74) is 1.71. The number of halogens is 2. The second kappa shape index (κ2) is 10.9. The van der Waals surface area contributed by atoms with Crippen LogP contribution in [0.5, 0.6) is 0 Å². The Kier molecular flexibility index (Phi) is 11.5. The Balaban J connectivity index is 4.14. The average molecular weight is 376 g/mol. The van der Waals surface area contributed by atoms with Crippen LogP contribution in [0.15, 0.2) is 12.3 Å². The highest BCUT2D eigenvalue weighted by Crippen LogP contribution is 2.12. The number of hydrogen-bond acceptors (Lipinski definition) is 3. The summed E-state index contributed by atoms with van der Waals surface area (Å²) in [5.74, 6) is 0. The Hall–Kier alpha value is 0.797. The molecular weight excluding hydrogens is 356 g/mol. The molecule has 96 valence electrons. The molecular formula is C10H20Br2O3Si. The summed E-state index contributed by atoms with van der Waals surface area (Å²) in [5, 5.41) is 1.84. The van der Waals surface area contributed by atoms with Crippen molar-refractivity contribution in [3.8, 4) is 0 Å². The van der Waals surface area contributed by atoms with Gasteiger partial charge in [-0.15, -0.1) is 0 Å². The fourth-order valence-corrected chi connectivity index (χ4v) is 3.36. The fraction of sp³-hybridized carbons (Fsp3) is 0.800. The Morgan fingerprint density at radius 3 is 1.88 bits per heavy atom. The number of rotatable bonds is 11. The van der Waals surface area contributed by atoms with Crippen molar-refractivity contribution < 1.29 is 13.3 Å². The molecule has 0 saturated carbocycles. The van der Waals surface area contributed by atoms with Crippen molar-refractivity contribution in [1.29, 1.82) is 0 Å². The Labute approximate surface area is 116 Å². The zero-order chi connectivity index (χ0) is 12.3. The highest BCUT2D eigenvalue weighted by atomic mass is 79.9. The molecule has 0 fully saturated rings. The highest BCUT2D eigenvalue weighted by Gasteiger charge is 2.37. The molecule has 0 aromatic rings. The van der Waals surface area contributed by atoms with Crippen molar-refractivity contribution >= 4 is 40.7 Å². The molecule has 0 unspecified atom stereocenters. The topological polar surface area (TPSA) is 27.7 Å². The zero-order valence-corrected chi connectivity index (χ0v) is 13.9. The first kappa shape index (κ1) is 16.8. The van der Waals surface area contributed by atoms with E-state index in [1.165, 1.54) is 0 Å². The molecule has 0 radical (unpaired) electrons. The van der Waals surface area contributed by atoms with Crippen LogP contribution in [-0.2, 0) is 13.3 Å². The second-order valence-corrected chi connectivity index (χ2v) is 7.09. The monoisotopic (exact) mass is 374 g/mol. The van der Waals surface area contributed by atoms with E-state index in [4.69, 9.17) is 13.3 Å². The van der Waals surface area contributed by atoms with Crippen molar-refractivity contribution in [2.45, 2.75) is 19.8 Å². The summed E-state index contributed by atoms with van der Waals surface area (Å²) in [6.45, 7) is 7.57. The third-order valence-electron chi connectivity index (χ3n) is 1.76. The third kappa shape index (κ3) is 7.19.